The lowest BCUT2D eigenvalue weighted by Crippen LogP contribution is -2.17. The molecule has 0 radical (unpaired) electrons. The van der Waals surface area contributed by atoms with Gasteiger partial charge in [0, 0.05) is 17.3 Å². The molecule has 0 unspecified atom stereocenters. The molecule has 0 fully saturated rings. The number of hydrogen-bond donors (Lipinski definition) is 3. The van der Waals surface area contributed by atoms with Gasteiger partial charge in [-0.25, -0.2) is 22.0 Å². The fourth-order valence-electron chi connectivity index (χ4n) is 3.10. The van der Waals surface area contributed by atoms with Gasteiger partial charge in [-0.3, -0.25) is 9.52 Å². The van der Waals surface area contributed by atoms with Gasteiger partial charge in [-0.1, -0.05) is 11.6 Å². The van der Waals surface area contributed by atoms with Crippen molar-refractivity contribution in [2.75, 3.05) is 31.4 Å². The minimum atomic E-state index is -4.29. The second-order valence-electron chi connectivity index (χ2n) is 7.18. The zero-order valence-corrected chi connectivity index (χ0v) is 21.6. The number of halogens is 1. The third-order valence-electron chi connectivity index (χ3n) is 4.87. The number of carbonyl (C=O) groups excluding carboxylic acids is 1. The molecule has 0 spiro atoms. The Hall–Kier alpha value is -3.52. The molecule has 0 bridgehead atoms. The molecule has 3 aromatic rings. The number of methoxy groups -OCH3 is 3. The molecule has 1 amide bonds. The number of anilines is 2. The van der Waals surface area contributed by atoms with Crippen molar-refractivity contribution in [3.8, 4) is 17.2 Å². The van der Waals surface area contributed by atoms with Crippen molar-refractivity contribution >= 4 is 48.9 Å². The zero-order chi connectivity index (χ0) is 26.7. The van der Waals surface area contributed by atoms with Gasteiger partial charge >= 0.3 is 0 Å². The molecule has 0 aliphatic rings. The number of nitrogens with two attached hydrogens (primary N) is 1. The van der Waals surface area contributed by atoms with Gasteiger partial charge in [-0.05, 0) is 48.5 Å². The fraction of sp³-hybridized carbons (Fsp3) is 0.136. The van der Waals surface area contributed by atoms with Gasteiger partial charge in [-0.2, -0.15) is 0 Å². The van der Waals surface area contributed by atoms with E-state index in [-0.39, 0.29) is 49.0 Å². The fourth-order valence-corrected chi connectivity index (χ4v) is 5.11. The summed E-state index contributed by atoms with van der Waals surface area (Å²) in [5, 5.41) is 7.77. The molecule has 3 rings (SSSR count). The summed E-state index contributed by atoms with van der Waals surface area (Å²) < 4.78 is 67.2. The molecule has 0 aliphatic carbocycles. The van der Waals surface area contributed by atoms with Crippen LogP contribution in [0.1, 0.15) is 10.4 Å². The minimum Gasteiger partial charge on any atom is -0.495 e. The van der Waals surface area contributed by atoms with Crippen LogP contribution < -0.4 is 29.4 Å². The van der Waals surface area contributed by atoms with Crippen LogP contribution in [0.25, 0.3) is 0 Å². The number of nitrogens with one attached hydrogen (secondary N) is 2. The number of rotatable bonds is 9. The van der Waals surface area contributed by atoms with Gasteiger partial charge in [0.1, 0.15) is 22.1 Å². The Morgan fingerprint density at radius 3 is 2.00 bits per heavy atom. The van der Waals surface area contributed by atoms with E-state index < -0.39 is 26.0 Å². The average molecular weight is 556 g/mol. The van der Waals surface area contributed by atoms with E-state index in [1.54, 1.807) is 0 Å². The van der Waals surface area contributed by atoms with Crippen molar-refractivity contribution in [2.45, 2.75) is 9.79 Å². The minimum absolute atomic E-state index is 0.00794. The first-order chi connectivity index (χ1) is 16.9. The highest BCUT2D eigenvalue weighted by Gasteiger charge is 2.24. The standard InChI is InChI=1S/C22H22ClN3O8S2/c1-32-18-9-4-13(22(27)25-14-5-7-15(8-6-14)35(24,28)29)10-21(18)36(30,31)26-17-11-16(23)19(33-2)12-20(17)34-3/h4-12,26H,1-3H3,(H,25,27)(H2,24,28,29). The monoisotopic (exact) mass is 555 g/mol. The third kappa shape index (κ3) is 5.99. The van der Waals surface area contributed by atoms with Gasteiger partial charge in [0.05, 0.1) is 36.9 Å². The summed E-state index contributed by atoms with van der Waals surface area (Å²) in [5.74, 6) is -0.238. The molecule has 14 heteroatoms. The lowest BCUT2D eigenvalue weighted by molar-refractivity contribution is 0.102. The van der Waals surface area contributed by atoms with Crippen LogP contribution >= 0.6 is 11.6 Å². The lowest BCUT2D eigenvalue weighted by atomic mass is 10.2. The Bertz CT molecular complexity index is 1510. The van der Waals surface area contributed by atoms with Crippen LogP contribution in [0.4, 0.5) is 11.4 Å². The number of hydrogen-bond acceptors (Lipinski definition) is 8. The Labute approximate surface area is 213 Å². The first kappa shape index (κ1) is 27.1. The van der Waals surface area contributed by atoms with Crippen LogP contribution in [0.15, 0.2) is 64.4 Å². The van der Waals surface area contributed by atoms with Crippen LogP contribution in [0.3, 0.4) is 0 Å². The number of sulfonamides is 2. The normalized spacial score (nSPS) is 11.5. The number of ether oxygens (including phenoxy) is 3. The Balaban J connectivity index is 1.93. The number of carbonyl (C=O) groups is 1. The zero-order valence-electron chi connectivity index (χ0n) is 19.2. The molecule has 11 nitrogen and oxygen atoms in total. The van der Waals surface area contributed by atoms with Crippen LogP contribution in [-0.2, 0) is 20.0 Å². The highest BCUT2D eigenvalue weighted by atomic mass is 35.5. The summed E-state index contributed by atoms with van der Waals surface area (Å²) in [7, 11) is -4.15. The highest BCUT2D eigenvalue weighted by molar-refractivity contribution is 7.92. The predicted octanol–water partition coefficient (Wildman–Crippen LogP) is 3.07. The molecule has 192 valence electrons. The Kier molecular flexibility index (Phi) is 7.99. The summed E-state index contributed by atoms with van der Waals surface area (Å²) in [6.45, 7) is 0. The van der Waals surface area contributed by atoms with Crippen LogP contribution in [0, 0.1) is 0 Å². The molecule has 0 saturated heterocycles. The van der Waals surface area contributed by atoms with Gasteiger partial charge < -0.3 is 19.5 Å². The Morgan fingerprint density at radius 1 is 0.833 bits per heavy atom. The number of amides is 1. The van der Waals surface area contributed by atoms with Gasteiger partial charge in [0.25, 0.3) is 15.9 Å². The van der Waals surface area contributed by atoms with Crippen molar-refractivity contribution in [3.63, 3.8) is 0 Å². The molecule has 0 aromatic heterocycles. The van der Waals surface area contributed by atoms with Gasteiger partial charge in [-0.15, -0.1) is 0 Å². The van der Waals surface area contributed by atoms with Crippen LogP contribution in [0.2, 0.25) is 5.02 Å². The molecule has 3 aromatic carbocycles. The van der Waals surface area contributed by atoms with E-state index in [2.05, 4.69) is 10.0 Å². The van der Waals surface area contributed by atoms with Crippen LogP contribution in [-0.4, -0.2) is 44.1 Å². The van der Waals surface area contributed by atoms with Gasteiger partial charge in [0.15, 0.2) is 0 Å². The summed E-state index contributed by atoms with van der Waals surface area (Å²) in [5.41, 5.74) is 0.296. The van der Waals surface area contributed by atoms with E-state index in [0.29, 0.717) is 0 Å². The second-order valence-corrected chi connectivity index (χ2v) is 10.8. The molecule has 0 heterocycles. The van der Waals surface area contributed by atoms with E-state index in [1.807, 2.05) is 0 Å². The molecule has 0 aliphatic heterocycles. The SMILES string of the molecule is COc1cc(OC)c(NS(=O)(=O)c2cc(C(=O)Nc3ccc(S(N)(=O)=O)cc3)ccc2OC)cc1Cl. The van der Waals surface area contributed by atoms with E-state index in [4.69, 9.17) is 31.0 Å². The van der Waals surface area contributed by atoms with Crippen molar-refractivity contribution in [2.24, 2.45) is 5.14 Å². The van der Waals surface area contributed by atoms with E-state index in [9.17, 15) is 21.6 Å². The topological polar surface area (TPSA) is 163 Å². The predicted molar refractivity (Wildman–Crippen MR) is 134 cm³/mol. The maximum atomic E-state index is 13.3. The largest absolute Gasteiger partial charge is 0.495 e. The van der Waals surface area contributed by atoms with E-state index >= 15 is 0 Å². The van der Waals surface area contributed by atoms with Crippen molar-refractivity contribution < 1.29 is 35.8 Å². The quantitative estimate of drug-likeness (QED) is 0.362. The first-order valence-electron chi connectivity index (χ1n) is 9.96. The number of benzene rings is 3. The summed E-state index contributed by atoms with van der Waals surface area (Å²) in [6.07, 6.45) is 0. The maximum absolute atomic E-state index is 13.3. The maximum Gasteiger partial charge on any atom is 0.265 e. The Morgan fingerprint density at radius 2 is 1.44 bits per heavy atom. The summed E-state index contributed by atoms with van der Waals surface area (Å²) in [4.78, 5) is 12.3. The van der Waals surface area contributed by atoms with Crippen molar-refractivity contribution in [1.29, 1.82) is 0 Å². The molecule has 36 heavy (non-hydrogen) atoms. The first-order valence-corrected chi connectivity index (χ1v) is 13.4. The molecular weight excluding hydrogens is 534 g/mol. The molecular formula is C22H22ClN3O8S2. The number of primary sulfonamides is 1. The molecule has 0 atom stereocenters. The third-order valence-corrected chi connectivity index (χ3v) is 7.49. The molecule has 0 saturated carbocycles. The van der Waals surface area contributed by atoms with Gasteiger partial charge in [0.2, 0.25) is 10.0 Å². The average Bonchev–Trinajstić information content (AvgIpc) is 2.83. The molecule has 4 N–H and O–H groups in total. The van der Waals surface area contributed by atoms with Crippen molar-refractivity contribution in [3.05, 3.63) is 65.2 Å². The van der Waals surface area contributed by atoms with E-state index in [1.165, 1.54) is 69.9 Å². The lowest BCUT2D eigenvalue weighted by Gasteiger charge is -2.16. The summed E-state index contributed by atoms with van der Waals surface area (Å²) in [6, 6.07) is 11.7. The second kappa shape index (κ2) is 10.6. The van der Waals surface area contributed by atoms with Crippen molar-refractivity contribution in [1.82, 2.24) is 0 Å². The smallest absolute Gasteiger partial charge is 0.265 e. The van der Waals surface area contributed by atoms with Crippen LogP contribution in [0.5, 0.6) is 17.2 Å². The highest BCUT2D eigenvalue weighted by Crippen LogP contribution is 2.38. The summed E-state index contributed by atoms with van der Waals surface area (Å²) >= 11 is 6.14. The van der Waals surface area contributed by atoms with E-state index in [0.717, 1.165) is 6.07 Å².